The van der Waals surface area contributed by atoms with Crippen molar-refractivity contribution in [2.24, 2.45) is 11.1 Å². The lowest BCUT2D eigenvalue weighted by Gasteiger charge is -2.26. The van der Waals surface area contributed by atoms with Gasteiger partial charge in [0.05, 0.1) is 11.3 Å². The zero-order valence-electron chi connectivity index (χ0n) is 18.9. The molecule has 1 aromatic rings. The van der Waals surface area contributed by atoms with Crippen LogP contribution in [0.3, 0.4) is 0 Å². The normalized spacial score (nSPS) is 19.3. The summed E-state index contributed by atoms with van der Waals surface area (Å²) in [6, 6.07) is 7.12. The van der Waals surface area contributed by atoms with Gasteiger partial charge < -0.3 is 14.7 Å². The van der Waals surface area contributed by atoms with E-state index >= 15 is 0 Å². The third-order valence-corrected chi connectivity index (χ3v) is 6.40. The van der Waals surface area contributed by atoms with Gasteiger partial charge in [0.25, 0.3) is 0 Å². The first-order chi connectivity index (χ1) is 14.8. The summed E-state index contributed by atoms with van der Waals surface area (Å²) in [6.45, 7) is 8.44. The highest BCUT2D eigenvalue weighted by molar-refractivity contribution is 7.99. The van der Waals surface area contributed by atoms with Crippen molar-refractivity contribution >= 4 is 34.9 Å². The van der Waals surface area contributed by atoms with Crippen molar-refractivity contribution in [3.05, 3.63) is 40.6 Å². The molecule has 172 valence electrons. The number of nitrogens with zero attached hydrogens (tertiary/aromatic N) is 1. The molecule has 31 heavy (non-hydrogen) atoms. The average molecular weight is 468 g/mol. The highest BCUT2D eigenvalue weighted by atomic mass is 35.5. The largest absolute Gasteiger partial charge is 0.511 e. The monoisotopic (exact) mass is 467 g/mol. The summed E-state index contributed by atoms with van der Waals surface area (Å²) in [5.41, 5.74) is 0.873. The van der Waals surface area contributed by atoms with E-state index in [1.54, 1.807) is 24.3 Å². The number of oxime groups is 1. The molecular formula is C24H34ClNO4S. The molecule has 0 saturated heterocycles. The molecular weight excluding hydrogens is 434 g/mol. The fraction of sp³-hybridized carbons (Fsp3) is 0.583. The van der Waals surface area contributed by atoms with Gasteiger partial charge in [-0.1, -0.05) is 43.9 Å². The molecule has 0 radical (unpaired) electrons. The molecule has 2 unspecified atom stereocenters. The van der Waals surface area contributed by atoms with E-state index in [2.05, 4.69) is 19.0 Å². The summed E-state index contributed by atoms with van der Waals surface area (Å²) >= 11 is 7.78. The lowest BCUT2D eigenvalue weighted by atomic mass is 9.82. The van der Waals surface area contributed by atoms with Gasteiger partial charge in [-0.3, -0.25) is 4.79 Å². The van der Waals surface area contributed by atoms with Gasteiger partial charge in [0, 0.05) is 23.1 Å². The summed E-state index contributed by atoms with van der Waals surface area (Å²) < 4.78 is 5.79. The number of thioether (sulfide) groups is 1. The standard InChI is InChI=1S/C24H34ClNO4S/c1-5-7-21(26-29-15-16(3)30-20-10-8-19(25)9-11-20)24-22(27)13-18(14-23(24)28)12-17(4)31-6-2/h8-11,16-18,27H,5-7,12-15H2,1-4H3/b26-21+/t16-,17?,18?/m1/s1. The lowest BCUT2D eigenvalue weighted by molar-refractivity contribution is -0.116. The molecule has 1 aliphatic carbocycles. The van der Waals surface area contributed by atoms with Gasteiger partial charge >= 0.3 is 0 Å². The van der Waals surface area contributed by atoms with Gasteiger partial charge in [-0.15, -0.1) is 0 Å². The SMILES string of the molecule is CCC/C(=N\OC[C@@H](C)Oc1ccc(Cl)cc1)C1=C(O)CC(CC(C)SCC)CC1=O. The zero-order chi connectivity index (χ0) is 22.8. The Bertz CT molecular complexity index is 778. The van der Waals surface area contributed by atoms with Crippen LogP contribution in [0.4, 0.5) is 0 Å². The molecule has 2 rings (SSSR count). The Hall–Kier alpha value is -1.66. The maximum absolute atomic E-state index is 12.8. The number of Topliss-reactive ketones (excluding diaryl/α,β-unsaturated/α-hetero) is 1. The molecule has 5 nitrogen and oxygen atoms in total. The second kappa shape index (κ2) is 13.0. The number of rotatable bonds is 12. The smallest absolute Gasteiger partial charge is 0.168 e. The first kappa shape index (κ1) is 25.6. The van der Waals surface area contributed by atoms with E-state index in [-0.39, 0.29) is 30.2 Å². The molecule has 0 aliphatic heterocycles. The number of allylic oxidation sites excluding steroid dienone is 2. The number of aliphatic hydroxyl groups excluding tert-OH is 1. The zero-order valence-corrected chi connectivity index (χ0v) is 20.5. The van der Waals surface area contributed by atoms with Crippen LogP contribution in [-0.4, -0.2) is 40.3 Å². The summed E-state index contributed by atoms with van der Waals surface area (Å²) in [6.07, 6.45) is 3.04. The number of ketones is 1. The second-order valence-corrected chi connectivity index (χ2v) is 10.1. The predicted molar refractivity (Wildman–Crippen MR) is 129 cm³/mol. The number of ether oxygens (including phenoxy) is 1. The number of halogens is 1. The minimum Gasteiger partial charge on any atom is -0.511 e. The van der Waals surface area contributed by atoms with Crippen LogP contribution in [0.2, 0.25) is 5.02 Å². The Morgan fingerprint density at radius 2 is 1.97 bits per heavy atom. The molecule has 0 amide bonds. The van der Waals surface area contributed by atoms with E-state index in [4.69, 9.17) is 21.2 Å². The van der Waals surface area contributed by atoms with E-state index < -0.39 is 0 Å². The molecule has 1 aromatic carbocycles. The third-order valence-electron chi connectivity index (χ3n) is 5.05. The van der Waals surface area contributed by atoms with Crippen molar-refractivity contribution in [1.29, 1.82) is 0 Å². The molecule has 3 atom stereocenters. The summed E-state index contributed by atoms with van der Waals surface area (Å²) in [4.78, 5) is 18.4. The first-order valence-corrected chi connectivity index (χ1v) is 12.4. The first-order valence-electron chi connectivity index (χ1n) is 11.0. The number of hydrogen-bond acceptors (Lipinski definition) is 6. The quantitative estimate of drug-likeness (QED) is 0.277. The Kier molecular flexibility index (Phi) is 10.7. The molecule has 0 heterocycles. The van der Waals surface area contributed by atoms with Gasteiger partial charge in [0.2, 0.25) is 0 Å². The highest BCUT2D eigenvalue weighted by Gasteiger charge is 2.31. The second-order valence-electron chi connectivity index (χ2n) is 7.99. The Morgan fingerprint density at radius 1 is 1.26 bits per heavy atom. The summed E-state index contributed by atoms with van der Waals surface area (Å²) in [5, 5.41) is 16.0. The van der Waals surface area contributed by atoms with E-state index in [0.29, 0.717) is 46.6 Å². The lowest BCUT2D eigenvalue weighted by Crippen LogP contribution is -2.26. The average Bonchev–Trinajstić information content (AvgIpc) is 2.69. The maximum atomic E-state index is 12.8. The Balaban J connectivity index is 2.00. The van der Waals surface area contributed by atoms with Crippen molar-refractivity contribution < 1.29 is 19.5 Å². The van der Waals surface area contributed by atoms with Crippen LogP contribution in [0.25, 0.3) is 0 Å². The molecule has 0 fully saturated rings. The van der Waals surface area contributed by atoms with Crippen LogP contribution in [0, 0.1) is 5.92 Å². The number of hydrogen-bond donors (Lipinski definition) is 1. The Labute approximate surface area is 195 Å². The van der Waals surface area contributed by atoms with Crippen LogP contribution in [0.5, 0.6) is 5.75 Å². The van der Waals surface area contributed by atoms with Crippen molar-refractivity contribution in [3.8, 4) is 5.75 Å². The van der Waals surface area contributed by atoms with Crippen LogP contribution in [-0.2, 0) is 9.63 Å². The molecule has 0 aromatic heterocycles. The van der Waals surface area contributed by atoms with Gasteiger partial charge in [0.1, 0.15) is 17.6 Å². The van der Waals surface area contributed by atoms with E-state index in [9.17, 15) is 9.90 Å². The molecule has 7 heteroatoms. The van der Waals surface area contributed by atoms with Crippen LogP contribution >= 0.6 is 23.4 Å². The van der Waals surface area contributed by atoms with Gasteiger partial charge in [-0.25, -0.2) is 0 Å². The number of carbonyl (C=O) groups excluding carboxylic acids is 1. The Morgan fingerprint density at radius 3 is 2.58 bits per heavy atom. The van der Waals surface area contributed by atoms with Gasteiger partial charge in [-0.2, -0.15) is 11.8 Å². The van der Waals surface area contributed by atoms with E-state index in [1.165, 1.54) is 0 Å². The molecule has 1 aliphatic rings. The minimum absolute atomic E-state index is 0.0382. The minimum atomic E-state index is -0.237. The number of carbonyl (C=O) groups is 1. The third kappa shape index (κ3) is 8.41. The van der Waals surface area contributed by atoms with Gasteiger partial charge in [-0.05, 0) is 55.7 Å². The van der Waals surface area contributed by atoms with Crippen molar-refractivity contribution in [1.82, 2.24) is 0 Å². The van der Waals surface area contributed by atoms with E-state index in [0.717, 1.165) is 18.6 Å². The highest BCUT2D eigenvalue weighted by Crippen LogP contribution is 2.32. The summed E-state index contributed by atoms with van der Waals surface area (Å²) in [5.74, 6) is 2.05. The summed E-state index contributed by atoms with van der Waals surface area (Å²) in [7, 11) is 0. The van der Waals surface area contributed by atoms with Crippen molar-refractivity contribution in [2.45, 2.75) is 71.2 Å². The molecule has 0 bridgehead atoms. The van der Waals surface area contributed by atoms with Crippen LogP contribution in [0.15, 0.2) is 40.8 Å². The van der Waals surface area contributed by atoms with Crippen LogP contribution < -0.4 is 4.74 Å². The predicted octanol–water partition coefficient (Wildman–Crippen LogP) is 6.60. The van der Waals surface area contributed by atoms with Gasteiger partial charge in [0.15, 0.2) is 12.4 Å². The van der Waals surface area contributed by atoms with Crippen molar-refractivity contribution in [2.75, 3.05) is 12.4 Å². The van der Waals surface area contributed by atoms with Crippen LogP contribution in [0.1, 0.15) is 59.8 Å². The van der Waals surface area contributed by atoms with Crippen molar-refractivity contribution in [3.63, 3.8) is 0 Å². The number of aliphatic hydroxyl groups is 1. The fourth-order valence-corrected chi connectivity index (χ4v) is 4.84. The molecule has 1 N–H and O–H groups in total. The fourth-order valence-electron chi connectivity index (χ4n) is 3.74. The number of benzene rings is 1. The van der Waals surface area contributed by atoms with E-state index in [1.807, 2.05) is 25.6 Å². The topological polar surface area (TPSA) is 68.1 Å². The molecule has 0 spiro atoms. The molecule has 0 saturated carbocycles. The maximum Gasteiger partial charge on any atom is 0.168 e.